The third kappa shape index (κ3) is 5.78. The topological polar surface area (TPSA) is 9.23 Å². The minimum atomic E-state index is -0.815. The molecule has 0 saturated heterocycles. The highest BCUT2D eigenvalue weighted by atomic mass is 19.2. The van der Waals surface area contributed by atoms with E-state index in [9.17, 15) is 17.6 Å². The van der Waals surface area contributed by atoms with Crippen LogP contribution in [-0.4, -0.2) is 6.61 Å². The summed E-state index contributed by atoms with van der Waals surface area (Å²) in [6.07, 6.45) is 4.44. The second-order valence-corrected chi connectivity index (χ2v) is 9.60. The van der Waals surface area contributed by atoms with Gasteiger partial charge in [-0.15, -0.1) is 0 Å². The van der Waals surface area contributed by atoms with Crippen molar-refractivity contribution in [1.82, 2.24) is 0 Å². The van der Waals surface area contributed by atoms with Crippen molar-refractivity contribution in [2.45, 2.75) is 64.9 Å². The molecule has 0 N–H and O–H groups in total. The molecule has 35 heavy (non-hydrogen) atoms. The molecule has 1 saturated carbocycles. The van der Waals surface area contributed by atoms with Crippen molar-refractivity contribution in [2.75, 3.05) is 6.61 Å². The quantitative estimate of drug-likeness (QED) is 0.291. The summed E-state index contributed by atoms with van der Waals surface area (Å²) in [7, 11) is 0. The number of hydrogen-bond donors (Lipinski definition) is 0. The molecule has 0 amide bonds. The summed E-state index contributed by atoms with van der Waals surface area (Å²) < 4.78 is 63.9. The molecule has 1 fully saturated rings. The van der Waals surface area contributed by atoms with E-state index in [2.05, 4.69) is 0 Å². The maximum Gasteiger partial charge on any atom is 0.166 e. The Hall–Kier alpha value is -2.66. The Kier molecular flexibility index (Phi) is 8.27. The molecule has 0 heterocycles. The van der Waals surface area contributed by atoms with Crippen LogP contribution in [-0.2, 0) is 17.8 Å². The molecule has 0 aliphatic heterocycles. The first-order chi connectivity index (χ1) is 16.9. The van der Waals surface area contributed by atoms with Crippen LogP contribution in [0, 0.1) is 36.1 Å². The second kappa shape index (κ2) is 11.4. The first kappa shape index (κ1) is 25.4. The van der Waals surface area contributed by atoms with Gasteiger partial charge in [0, 0.05) is 17.7 Å². The van der Waals surface area contributed by atoms with E-state index in [1.54, 1.807) is 36.4 Å². The lowest BCUT2D eigenvalue weighted by Crippen LogP contribution is -2.16. The van der Waals surface area contributed by atoms with Crippen LogP contribution < -0.4 is 0 Å². The molecule has 4 rings (SSSR count). The van der Waals surface area contributed by atoms with E-state index in [-0.39, 0.29) is 23.7 Å². The van der Waals surface area contributed by atoms with Crippen LogP contribution >= 0.6 is 0 Å². The number of benzene rings is 3. The number of hydrogen-bond acceptors (Lipinski definition) is 1. The highest BCUT2D eigenvalue weighted by molar-refractivity contribution is 5.65. The highest BCUT2D eigenvalue weighted by Crippen LogP contribution is 2.39. The maximum atomic E-state index is 14.8. The van der Waals surface area contributed by atoms with Crippen molar-refractivity contribution >= 4 is 0 Å². The predicted molar refractivity (Wildman–Crippen MR) is 131 cm³/mol. The zero-order chi connectivity index (χ0) is 24.9. The highest BCUT2D eigenvalue weighted by Gasteiger charge is 2.27. The predicted octanol–water partition coefficient (Wildman–Crippen LogP) is 8.66. The zero-order valence-electron chi connectivity index (χ0n) is 20.4. The Labute approximate surface area is 205 Å². The Morgan fingerprint density at radius 2 is 1.40 bits per heavy atom. The summed E-state index contributed by atoms with van der Waals surface area (Å²) in [6, 6.07) is 14.0. The van der Waals surface area contributed by atoms with E-state index in [0.717, 1.165) is 37.7 Å². The van der Waals surface area contributed by atoms with Crippen molar-refractivity contribution in [3.8, 4) is 11.1 Å². The molecule has 0 atom stereocenters. The molecule has 0 unspecified atom stereocenters. The van der Waals surface area contributed by atoms with Crippen molar-refractivity contribution < 1.29 is 22.3 Å². The van der Waals surface area contributed by atoms with Crippen LogP contribution in [0.1, 0.15) is 67.2 Å². The maximum absolute atomic E-state index is 14.8. The molecule has 0 radical (unpaired) electrons. The van der Waals surface area contributed by atoms with Gasteiger partial charge in [0.05, 0.1) is 6.61 Å². The molecule has 5 heteroatoms. The van der Waals surface area contributed by atoms with Gasteiger partial charge in [0.15, 0.2) is 23.3 Å². The SMILES string of the molecule is CCOCc1ccc(C2CCC(CCc3ccc(-c4ccc(C)cc4)c(F)c3F)CC2)c(F)c1F. The second-order valence-electron chi connectivity index (χ2n) is 9.60. The van der Waals surface area contributed by atoms with Gasteiger partial charge in [0.2, 0.25) is 0 Å². The minimum absolute atomic E-state index is 0.0233. The van der Waals surface area contributed by atoms with Gasteiger partial charge in [0.25, 0.3) is 0 Å². The van der Waals surface area contributed by atoms with E-state index < -0.39 is 23.3 Å². The molecule has 1 nitrogen and oxygen atoms in total. The smallest absolute Gasteiger partial charge is 0.166 e. The summed E-state index contributed by atoms with van der Waals surface area (Å²) in [5.41, 5.74) is 3.05. The summed E-state index contributed by atoms with van der Waals surface area (Å²) in [5, 5.41) is 0. The molecule has 0 bridgehead atoms. The first-order valence-corrected chi connectivity index (χ1v) is 12.5. The zero-order valence-corrected chi connectivity index (χ0v) is 20.4. The van der Waals surface area contributed by atoms with E-state index in [4.69, 9.17) is 4.74 Å². The molecule has 0 aromatic heterocycles. The largest absolute Gasteiger partial charge is 0.377 e. The average Bonchev–Trinajstić information content (AvgIpc) is 2.87. The number of aryl methyl sites for hydroxylation is 2. The van der Waals surface area contributed by atoms with Crippen molar-refractivity contribution in [3.63, 3.8) is 0 Å². The summed E-state index contributed by atoms with van der Waals surface area (Å²) in [6.45, 7) is 4.27. The van der Waals surface area contributed by atoms with Gasteiger partial charge in [-0.1, -0.05) is 54.1 Å². The fraction of sp³-hybridized carbons (Fsp3) is 0.400. The monoisotopic (exact) mass is 484 g/mol. The first-order valence-electron chi connectivity index (χ1n) is 12.5. The third-order valence-corrected chi connectivity index (χ3v) is 7.29. The van der Waals surface area contributed by atoms with Crippen molar-refractivity contribution in [1.29, 1.82) is 0 Å². The Balaban J connectivity index is 1.35. The lowest BCUT2D eigenvalue weighted by Gasteiger charge is -2.29. The van der Waals surface area contributed by atoms with E-state index in [0.29, 0.717) is 35.6 Å². The van der Waals surface area contributed by atoms with Crippen LogP contribution in [0.2, 0.25) is 0 Å². The van der Waals surface area contributed by atoms with Gasteiger partial charge in [-0.3, -0.25) is 0 Å². The van der Waals surface area contributed by atoms with Crippen LogP contribution in [0.5, 0.6) is 0 Å². The number of halogens is 4. The molecule has 186 valence electrons. The van der Waals surface area contributed by atoms with E-state index in [1.807, 2.05) is 26.0 Å². The number of rotatable bonds is 8. The Bertz CT molecular complexity index is 1150. The fourth-order valence-electron chi connectivity index (χ4n) is 5.10. The molecular formula is C30H32F4O. The van der Waals surface area contributed by atoms with Gasteiger partial charge in [-0.25, -0.2) is 17.6 Å². The van der Waals surface area contributed by atoms with E-state index in [1.165, 1.54) is 0 Å². The van der Waals surface area contributed by atoms with Gasteiger partial charge >= 0.3 is 0 Å². The number of ether oxygens (including phenoxy) is 1. The lowest BCUT2D eigenvalue weighted by atomic mass is 9.76. The van der Waals surface area contributed by atoms with E-state index >= 15 is 0 Å². The lowest BCUT2D eigenvalue weighted by molar-refractivity contribution is 0.130. The third-order valence-electron chi connectivity index (χ3n) is 7.29. The molecular weight excluding hydrogens is 452 g/mol. The normalized spacial score (nSPS) is 18.1. The molecule has 0 spiro atoms. The van der Waals surface area contributed by atoms with Crippen LogP contribution in [0.4, 0.5) is 17.6 Å². The molecule has 1 aliphatic carbocycles. The summed E-state index contributed by atoms with van der Waals surface area (Å²) in [5.74, 6) is -2.83. The Morgan fingerprint density at radius 1 is 0.743 bits per heavy atom. The van der Waals surface area contributed by atoms with Crippen LogP contribution in [0.3, 0.4) is 0 Å². The van der Waals surface area contributed by atoms with Gasteiger partial charge in [-0.2, -0.15) is 0 Å². The summed E-state index contributed by atoms with van der Waals surface area (Å²) in [4.78, 5) is 0. The average molecular weight is 485 g/mol. The van der Waals surface area contributed by atoms with Crippen LogP contribution in [0.25, 0.3) is 11.1 Å². The standard InChI is InChI=1S/C30H32F4O/c1-3-35-18-24-15-17-26(30(34)28(24)32)22-11-6-20(7-12-22)8-13-23-14-16-25(29(33)27(23)31)21-9-4-19(2)5-10-21/h4-5,9-10,14-17,20,22H,3,6-8,11-13,18H2,1-2H3. The van der Waals surface area contributed by atoms with Crippen molar-refractivity contribution in [2.24, 2.45) is 5.92 Å². The summed E-state index contributed by atoms with van der Waals surface area (Å²) >= 11 is 0. The van der Waals surface area contributed by atoms with Crippen LogP contribution in [0.15, 0.2) is 48.5 Å². The minimum Gasteiger partial charge on any atom is -0.377 e. The fourth-order valence-corrected chi connectivity index (χ4v) is 5.10. The molecule has 3 aromatic rings. The molecule has 1 aliphatic rings. The van der Waals surface area contributed by atoms with Crippen molar-refractivity contribution in [3.05, 3.63) is 94.1 Å². The van der Waals surface area contributed by atoms with Gasteiger partial charge in [0.1, 0.15) is 0 Å². The Morgan fingerprint density at radius 3 is 2.09 bits per heavy atom. The van der Waals surface area contributed by atoms with Gasteiger partial charge < -0.3 is 4.74 Å². The van der Waals surface area contributed by atoms with Gasteiger partial charge in [-0.05, 0) is 80.9 Å². The molecule has 3 aromatic carbocycles.